The third-order valence-electron chi connectivity index (χ3n) is 2.08. The molecular formula is C10H10FN3. The van der Waals surface area contributed by atoms with Crippen molar-refractivity contribution in [2.24, 2.45) is 7.05 Å². The van der Waals surface area contributed by atoms with E-state index < -0.39 is 0 Å². The Bertz CT molecular complexity index is 425. The molecule has 4 heteroatoms. The van der Waals surface area contributed by atoms with Crippen LogP contribution in [0.4, 0.5) is 10.1 Å². The van der Waals surface area contributed by atoms with Gasteiger partial charge in [-0.2, -0.15) is 5.10 Å². The monoisotopic (exact) mass is 191 g/mol. The zero-order chi connectivity index (χ0) is 10.1. The molecule has 0 unspecified atom stereocenters. The van der Waals surface area contributed by atoms with Crippen molar-refractivity contribution in [3.8, 4) is 11.3 Å². The molecule has 1 aromatic carbocycles. The fourth-order valence-corrected chi connectivity index (χ4v) is 1.42. The van der Waals surface area contributed by atoms with Crippen LogP contribution < -0.4 is 5.73 Å². The van der Waals surface area contributed by atoms with Gasteiger partial charge in [0.1, 0.15) is 5.82 Å². The smallest absolute Gasteiger partial charge is 0.123 e. The lowest BCUT2D eigenvalue weighted by atomic mass is 10.1. The molecule has 0 spiro atoms. The lowest BCUT2D eigenvalue weighted by Crippen LogP contribution is -1.95. The molecule has 1 heterocycles. The summed E-state index contributed by atoms with van der Waals surface area (Å²) in [7, 11) is 1.80. The van der Waals surface area contributed by atoms with Crippen LogP contribution in [0.1, 0.15) is 0 Å². The molecule has 2 aromatic rings. The normalized spacial score (nSPS) is 10.4. The van der Waals surface area contributed by atoms with E-state index in [9.17, 15) is 4.39 Å². The zero-order valence-corrected chi connectivity index (χ0v) is 7.74. The topological polar surface area (TPSA) is 43.8 Å². The van der Waals surface area contributed by atoms with E-state index in [-0.39, 0.29) is 5.82 Å². The number of nitrogen functional groups attached to an aromatic ring is 1. The Morgan fingerprint density at radius 2 is 1.93 bits per heavy atom. The molecule has 0 aliphatic heterocycles. The fourth-order valence-electron chi connectivity index (χ4n) is 1.42. The Hall–Kier alpha value is -1.84. The van der Waals surface area contributed by atoms with Crippen LogP contribution >= 0.6 is 0 Å². The summed E-state index contributed by atoms with van der Waals surface area (Å²) in [6.07, 6.45) is 1.58. The molecule has 0 amide bonds. The van der Waals surface area contributed by atoms with Gasteiger partial charge in [0.15, 0.2) is 0 Å². The van der Waals surface area contributed by atoms with E-state index in [0.717, 1.165) is 11.3 Å². The van der Waals surface area contributed by atoms with Crippen LogP contribution in [0.2, 0.25) is 0 Å². The van der Waals surface area contributed by atoms with Crippen molar-refractivity contribution in [3.63, 3.8) is 0 Å². The summed E-state index contributed by atoms with van der Waals surface area (Å²) in [4.78, 5) is 0. The SMILES string of the molecule is Cn1ncc(N)c1-c1ccc(F)cc1. The van der Waals surface area contributed by atoms with E-state index in [1.807, 2.05) is 0 Å². The number of anilines is 1. The van der Waals surface area contributed by atoms with Crippen LogP contribution in [0.5, 0.6) is 0 Å². The number of benzene rings is 1. The van der Waals surface area contributed by atoms with Gasteiger partial charge in [0, 0.05) is 12.6 Å². The minimum absolute atomic E-state index is 0.255. The predicted molar refractivity (Wildman–Crippen MR) is 53.0 cm³/mol. The first-order valence-corrected chi connectivity index (χ1v) is 4.22. The largest absolute Gasteiger partial charge is 0.396 e. The highest BCUT2D eigenvalue weighted by atomic mass is 19.1. The van der Waals surface area contributed by atoms with E-state index in [1.54, 1.807) is 30.1 Å². The average Bonchev–Trinajstić information content (AvgIpc) is 2.49. The number of nitrogens with zero attached hydrogens (tertiary/aromatic N) is 2. The summed E-state index contributed by atoms with van der Waals surface area (Å²) in [5.74, 6) is -0.255. The summed E-state index contributed by atoms with van der Waals surface area (Å²) in [5.41, 5.74) is 8.01. The second-order valence-electron chi connectivity index (χ2n) is 3.08. The minimum Gasteiger partial charge on any atom is -0.396 e. The van der Waals surface area contributed by atoms with E-state index in [0.29, 0.717) is 5.69 Å². The number of nitrogens with two attached hydrogens (primary N) is 1. The van der Waals surface area contributed by atoms with Crippen molar-refractivity contribution in [1.29, 1.82) is 0 Å². The number of aryl methyl sites for hydroxylation is 1. The zero-order valence-electron chi connectivity index (χ0n) is 7.74. The quantitative estimate of drug-likeness (QED) is 0.747. The first-order chi connectivity index (χ1) is 6.68. The van der Waals surface area contributed by atoms with E-state index in [1.165, 1.54) is 12.1 Å². The maximum Gasteiger partial charge on any atom is 0.123 e. The molecule has 0 aliphatic rings. The molecule has 0 atom stereocenters. The van der Waals surface area contributed by atoms with Crippen LogP contribution in [0, 0.1) is 5.82 Å². The number of halogens is 1. The molecule has 0 aliphatic carbocycles. The van der Waals surface area contributed by atoms with Crippen LogP contribution in [0.25, 0.3) is 11.3 Å². The number of hydrogen-bond acceptors (Lipinski definition) is 2. The van der Waals surface area contributed by atoms with Gasteiger partial charge in [-0.25, -0.2) is 4.39 Å². The van der Waals surface area contributed by atoms with Crippen LogP contribution in [-0.2, 0) is 7.05 Å². The van der Waals surface area contributed by atoms with Crippen LogP contribution in [0.3, 0.4) is 0 Å². The molecular weight excluding hydrogens is 181 g/mol. The maximum absolute atomic E-state index is 12.7. The third-order valence-corrected chi connectivity index (χ3v) is 2.08. The van der Waals surface area contributed by atoms with Crippen LogP contribution in [-0.4, -0.2) is 9.78 Å². The first-order valence-electron chi connectivity index (χ1n) is 4.22. The summed E-state index contributed by atoms with van der Waals surface area (Å²) in [5, 5.41) is 4.01. The van der Waals surface area contributed by atoms with Gasteiger partial charge in [0.25, 0.3) is 0 Å². The van der Waals surface area contributed by atoms with Crippen molar-refractivity contribution >= 4 is 5.69 Å². The molecule has 2 N–H and O–H groups in total. The van der Waals surface area contributed by atoms with Crippen molar-refractivity contribution in [1.82, 2.24) is 9.78 Å². The average molecular weight is 191 g/mol. The summed E-state index contributed by atoms with van der Waals surface area (Å²) >= 11 is 0. The molecule has 0 bridgehead atoms. The van der Waals surface area contributed by atoms with Gasteiger partial charge in [0.2, 0.25) is 0 Å². The van der Waals surface area contributed by atoms with Gasteiger partial charge < -0.3 is 5.73 Å². The molecule has 0 saturated carbocycles. The maximum atomic E-state index is 12.7. The summed E-state index contributed by atoms with van der Waals surface area (Å²) < 4.78 is 14.3. The lowest BCUT2D eigenvalue weighted by Gasteiger charge is -2.02. The molecule has 1 aromatic heterocycles. The van der Waals surface area contributed by atoms with E-state index in [4.69, 9.17) is 5.73 Å². The fraction of sp³-hybridized carbons (Fsp3) is 0.100. The number of hydrogen-bond donors (Lipinski definition) is 1. The second kappa shape index (κ2) is 3.14. The Labute approximate surface area is 81.0 Å². The molecule has 0 radical (unpaired) electrons. The van der Waals surface area contributed by atoms with Crippen molar-refractivity contribution in [2.75, 3.05) is 5.73 Å². The molecule has 14 heavy (non-hydrogen) atoms. The highest BCUT2D eigenvalue weighted by molar-refractivity contribution is 5.72. The highest BCUT2D eigenvalue weighted by Gasteiger charge is 2.07. The van der Waals surface area contributed by atoms with Crippen LogP contribution in [0.15, 0.2) is 30.5 Å². The first kappa shape index (κ1) is 8.74. The van der Waals surface area contributed by atoms with E-state index in [2.05, 4.69) is 5.10 Å². The van der Waals surface area contributed by atoms with E-state index >= 15 is 0 Å². The lowest BCUT2D eigenvalue weighted by molar-refractivity contribution is 0.628. The second-order valence-corrected chi connectivity index (χ2v) is 3.08. The Kier molecular flexibility index (Phi) is 1.96. The number of rotatable bonds is 1. The molecule has 2 rings (SSSR count). The van der Waals surface area contributed by atoms with Gasteiger partial charge in [-0.3, -0.25) is 4.68 Å². The van der Waals surface area contributed by atoms with Gasteiger partial charge >= 0.3 is 0 Å². The highest BCUT2D eigenvalue weighted by Crippen LogP contribution is 2.24. The Morgan fingerprint density at radius 3 is 2.43 bits per heavy atom. The standard InChI is InChI=1S/C10H10FN3/c1-14-10(9(12)6-13-14)7-2-4-8(11)5-3-7/h2-6H,12H2,1H3. The van der Waals surface area contributed by atoms with Gasteiger partial charge in [-0.1, -0.05) is 0 Å². The minimum atomic E-state index is -0.255. The molecule has 3 nitrogen and oxygen atoms in total. The van der Waals surface area contributed by atoms with Crippen molar-refractivity contribution in [3.05, 3.63) is 36.3 Å². The molecule has 0 saturated heterocycles. The molecule has 0 fully saturated rings. The predicted octanol–water partition coefficient (Wildman–Crippen LogP) is 1.81. The third kappa shape index (κ3) is 1.35. The van der Waals surface area contributed by atoms with Gasteiger partial charge in [-0.05, 0) is 24.3 Å². The van der Waals surface area contributed by atoms with Crippen molar-refractivity contribution in [2.45, 2.75) is 0 Å². The van der Waals surface area contributed by atoms with Gasteiger partial charge in [0.05, 0.1) is 17.6 Å². The Balaban J connectivity index is 2.54. The summed E-state index contributed by atoms with van der Waals surface area (Å²) in [6.45, 7) is 0. The van der Waals surface area contributed by atoms with Crippen molar-refractivity contribution < 1.29 is 4.39 Å². The van der Waals surface area contributed by atoms with Gasteiger partial charge in [-0.15, -0.1) is 0 Å². The Morgan fingerprint density at radius 1 is 1.29 bits per heavy atom. The molecule has 72 valence electrons. The summed E-state index contributed by atoms with van der Waals surface area (Å²) in [6, 6.07) is 6.18. The number of aromatic nitrogens is 2.